The molecule has 2 heterocycles. The predicted molar refractivity (Wildman–Crippen MR) is 130 cm³/mol. The number of thioether (sulfide) groups is 1. The van der Waals surface area contributed by atoms with Crippen molar-refractivity contribution in [2.75, 3.05) is 16.9 Å². The van der Waals surface area contributed by atoms with Gasteiger partial charge in [0, 0.05) is 17.8 Å². The SMILES string of the molecule is CCc1ccc(NC(=O)OC(C)(C)C)cc1CNc1nc(SC)nc2c(C(C)C)cnn12. The lowest BCUT2D eigenvalue weighted by atomic mass is 10.0. The van der Waals surface area contributed by atoms with Crippen molar-refractivity contribution in [1.29, 1.82) is 0 Å². The zero-order chi connectivity index (χ0) is 23.5. The molecule has 0 saturated carbocycles. The Morgan fingerprint density at radius 3 is 2.59 bits per heavy atom. The van der Waals surface area contributed by atoms with E-state index < -0.39 is 11.7 Å². The van der Waals surface area contributed by atoms with Gasteiger partial charge in [-0.05, 0) is 62.6 Å². The number of nitrogens with one attached hydrogen (secondary N) is 2. The normalized spacial score (nSPS) is 11.8. The van der Waals surface area contributed by atoms with Gasteiger partial charge in [-0.1, -0.05) is 38.6 Å². The van der Waals surface area contributed by atoms with E-state index >= 15 is 0 Å². The van der Waals surface area contributed by atoms with Crippen LogP contribution in [0.5, 0.6) is 0 Å². The molecule has 8 nitrogen and oxygen atoms in total. The number of carbonyl (C=O) groups excluding carboxylic acids is 1. The van der Waals surface area contributed by atoms with Crippen molar-refractivity contribution >= 4 is 35.1 Å². The summed E-state index contributed by atoms with van der Waals surface area (Å²) in [4.78, 5) is 21.4. The molecule has 0 fully saturated rings. The van der Waals surface area contributed by atoms with E-state index in [9.17, 15) is 4.79 Å². The standard InChI is InChI=1S/C23H32N6O2S/c1-8-15-9-10-17(26-22(30)31-23(4,5)6)11-16(15)12-24-20-28-21(32-7)27-19-18(14(2)3)13-25-29(19)20/h9-11,13-14H,8,12H2,1-7H3,(H,26,30)(H,24,27,28). The monoisotopic (exact) mass is 456 g/mol. The Morgan fingerprint density at radius 1 is 1.22 bits per heavy atom. The number of aryl methyl sites for hydroxylation is 1. The maximum Gasteiger partial charge on any atom is 0.412 e. The quantitative estimate of drug-likeness (QED) is 0.454. The molecule has 0 aliphatic rings. The van der Waals surface area contributed by atoms with Gasteiger partial charge in [0.15, 0.2) is 10.8 Å². The smallest absolute Gasteiger partial charge is 0.412 e. The number of rotatable bonds is 7. The van der Waals surface area contributed by atoms with Crippen LogP contribution in [0.2, 0.25) is 0 Å². The molecule has 172 valence electrons. The van der Waals surface area contributed by atoms with Gasteiger partial charge in [-0.15, -0.1) is 0 Å². The maximum absolute atomic E-state index is 12.2. The molecule has 3 rings (SSSR count). The summed E-state index contributed by atoms with van der Waals surface area (Å²) in [6.45, 7) is 12.4. The van der Waals surface area contributed by atoms with Crippen LogP contribution in [0.1, 0.15) is 64.2 Å². The first-order chi connectivity index (χ1) is 15.1. The molecule has 0 aliphatic heterocycles. The van der Waals surface area contributed by atoms with Gasteiger partial charge in [-0.3, -0.25) is 5.32 Å². The Bertz CT molecular complexity index is 1100. The van der Waals surface area contributed by atoms with Gasteiger partial charge in [-0.2, -0.15) is 14.6 Å². The number of ether oxygens (including phenoxy) is 1. The van der Waals surface area contributed by atoms with Crippen LogP contribution in [0, 0.1) is 0 Å². The summed E-state index contributed by atoms with van der Waals surface area (Å²) in [6, 6.07) is 5.88. The average molecular weight is 457 g/mol. The minimum atomic E-state index is -0.552. The third-order valence-electron chi connectivity index (χ3n) is 4.85. The molecule has 2 aromatic heterocycles. The van der Waals surface area contributed by atoms with Crippen molar-refractivity contribution in [3.8, 4) is 0 Å². The van der Waals surface area contributed by atoms with Crippen molar-refractivity contribution in [2.45, 2.75) is 71.2 Å². The number of anilines is 2. The van der Waals surface area contributed by atoms with E-state index in [-0.39, 0.29) is 0 Å². The highest BCUT2D eigenvalue weighted by Gasteiger charge is 2.17. The van der Waals surface area contributed by atoms with Crippen LogP contribution in [-0.2, 0) is 17.7 Å². The van der Waals surface area contributed by atoms with E-state index in [0.717, 1.165) is 23.2 Å². The van der Waals surface area contributed by atoms with Crippen LogP contribution >= 0.6 is 11.8 Å². The minimum Gasteiger partial charge on any atom is -0.444 e. The highest BCUT2D eigenvalue weighted by atomic mass is 32.2. The van der Waals surface area contributed by atoms with Gasteiger partial charge in [0.1, 0.15) is 5.60 Å². The number of nitrogens with zero attached hydrogens (tertiary/aromatic N) is 4. The van der Waals surface area contributed by atoms with Gasteiger partial charge in [0.25, 0.3) is 0 Å². The zero-order valence-electron chi connectivity index (χ0n) is 19.8. The molecule has 0 spiro atoms. The lowest BCUT2D eigenvalue weighted by molar-refractivity contribution is 0.0636. The van der Waals surface area contributed by atoms with E-state index in [1.54, 1.807) is 4.52 Å². The summed E-state index contributed by atoms with van der Waals surface area (Å²) in [5, 5.41) is 11.4. The van der Waals surface area contributed by atoms with Crippen LogP contribution in [-0.4, -0.2) is 37.5 Å². The number of carbonyl (C=O) groups is 1. The first-order valence-electron chi connectivity index (χ1n) is 10.8. The Balaban J connectivity index is 1.86. The largest absolute Gasteiger partial charge is 0.444 e. The third-order valence-corrected chi connectivity index (χ3v) is 5.40. The molecule has 0 aliphatic carbocycles. The Labute approximate surface area is 193 Å². The van der Waals surface area contributed by atoms with Crippen molar-refractivity contribution in [1.82, 2.24) is 19.6 Å². The first-order valence-corrected chi connectivity index (χ1v) is 12.0. The van der Waals surface area contributed by atoms with Crippen molar-refractivity contribution in [2.24, 2.45) is 0 Å². The second-order valence-corrected chi connectivity index (χ2v) is 9.61. The van der Waals surface area contributed by atoms with Crippen LogP contribution in [0.25, 0.3) is 5.65 Å². The number of hydrogen-bond donors (Lipinski definition) is 2. The van der Waals surface area contributed by atoms with Crippen molar-refractivity contribution in [3.05, 3.63) is 41.1 Å². The molecule has 0 unspecified atom stereocenters. The van der Waals surface area contributed by atoms with Crippen LogP contribution < -0.4 is 10.6 Å². The van der Waals surface area contributed by atoms with Gasteiger partial charge in [0.2, 0.25) is 5.95 Å². The molecule has 0 saturated heterocycles. The molecule has 9 heteroatoms. The molecule has 1 aromatic carbocycles. The Kier molecular flexibility index (Phi) is 7.28. The molecule has 32 heavy (non-hydrogen) atoms. The third kappa shape index (κ3) is 5.70. The topological polar surface area (TPSA) is 93.4 Å². The van der Waals surface area contributed by atoms with Gasteiger partial charge in [0.05, 0.1) is 6.20 Å². The summed E-state index contributed by atoms with van der Waals surface area (Å²) in [5.74, 6) is 0.950. The highest BCUT2D eigenvalue weighted by Crippen LogP contribution is 2.24. The average Bonchev–Trinajstić information content (AvgIpc) is 3.15. The van der Waals surface area contributed by atoms with E-state index in [1.807, 2.05) is 51.4 Å². The summed E-state index contributed by atoms with van der Waals surface area (Å²) in [6.07, 6.45) is 4.22. The summed E-state index contributed by atoms with van der Waals surface area (Å²) >= 11 is 1.50. The summed E-state index contributed by atoms with van der Waals surface area (Å²) < 4.78 is 7.12. The Morgan fingerprint density at radius 2 is 1.97 bits per heavy atom. The van der Waals surface area contributed by atoms with E-state index in [4.69, 9.17) is 4.74 Å². The number of aromatic nitrogens is 4. The highest BCUT2D eigenvalue weighted by molar-refractivity contribution is 7.98. The molecule has 0 radical (unpaired) electrons. The second kappa shape index (κ2) is 9.77. The summed E-state index contributed by atoms with van der Waals surface area (Å²) in [7, 11) is 0. The number of hydrogen-bond acceptors (Lipinski definition) is 7. The number of amides is 1. The summed E-state index contributed by atoms with van der Waals surface area (Å²) in [5.41, 5.74) is 4.29. The minimum absolute atomic E-state index is 0.312. The molecule has 0 bridgehead atoms. The van der Waals surface area contributed by atoms with Crippen LogP contribution in [0.15, 0.2) is 29.6 Å². The molecular weight excluding hydrogens is 424 g/mol. The predicted octanol–water partition coefficient (Wildman–Crippen LogP) is 5.49. The van der Waals surface area contributed by atoms with E-state index in [2.05, 4.69) is 46.5 Å². The fourth-order valence-electron chi connectivity index (χ4n) is 3.30. The second-order valence-electron chi connectivity index (χ2n) is 8.84. The Hall–Kier alpha value is -2.81. The first kappa shape index (κ1) is 23.8. The number of fused-ring (bicyclic) bond motifs is 1. The van der Waals surface area contributed by atoms with Gasteiger partial charge in [-0.25, -0.2) is 9.78 Å². The molecule has 2 N–H and O–H groups in total. The van der Waals surface area contributed by atoms with Gasteiger partial charge >= 0.3 is 6.09 Å². The molecule has 0 atom stereocenters. The lowest BCUT2D eigenvalue weighted by Crippen LogP contribution is -2.27. The van der Waals surface area contributed by atoms with E-state index in [1.165, 1.54) is 17.3 Å². The molecular formula is C23H32N6O2S. The zero-order valence-corrected chi connectivity index (χ0v) is 20.6. The van der Waals surface area contributed by atoms with Crippen molar-refractivity contribution < 1.29 is 9.53 Å². The fourth-order valence-corrected chi connectivity index (χ4v) is 3.65. The van der Waals surface area contributed by atoms with Crippen LogP contribution in [0.3, 0.4) is 0 Å². The molecule has 1 amide bonds. The lowest BCUT2D eigenvalue weighted by Gasteiger charge is -2.20. The maximum atomic E-state index is 12.2. The van der Waals surface area contributed by atoms with Crippen molar-refractivity contribution in [3.63, 3.8) is 0 Å². The van der Waals surface area contributed by atoms with E-state index in [0.29, 0.717) is 29.3 Å². The fraction of sp³-hybridized carbons (Fsp3) is 0.478. The number of benzene rings is 1. The van der Waals surface area contributed by atoms with Gasteiger partial charge < -0.3 is 10.1 Å². The van der Waals surface area contributed by atoms with Crippen LogP contribution in [0.4, 0.5) is 16.4 Å². The molecule has 3 aromatic rings.